The lowest BCUT2D eigenvalue weighted by Crippen LogP contribution is -2.10. The molecule has 3 aromatic rings. The molecule has 0 aliphatic rings. The smallest absolute Gasteiger partial charge is 0.353 e. The van der Waals surface area contributed by atoms with Gasteiger partial charge in [-0.15, -0.1) is 0 Å². The number of hydrogen-bond acceptors (Lipinski definition) is 7. The number of nitrogens with two attached hydrogens (primary N) is 1. The highest BCUT2D eigenvalue weighted by Crippen LogP contribution is 2.31. The molecule has 0 unspecified atom stereocenters. The zero-order chi connectivity index (χ0) is 19.4. The first kappa shape index (κ1) is 18.4. The summed E-state index contributed by atoms with van der Waals surface area (Å²) in [6, 6.07) is 14.7. The van der Waals surface area contributed by atoms with E-state index in [2.05, 4.69) is 20.6 Å². The van der Waals surface area contributed by atoms with E-state index in [0.717, 1.165) is 11.1 Å². The average Bonchev–Trinajstić information content (AvgIpc) is 2.60. The maximum absolute atomic E-state index is 11.4. The van der Waals surface area contributed by atoms with E-state index in [1.807, 2.05) is 37.3 Å². The molecule has 0 fully saturated rings. The number of aryl methyl sites for hydroxylation is 1. The highest BCUT2D eigenvalue weighted by Gasteiger charge is 2.23. The van der Waals surface area contributed by atoms with Crippen LogP contribution in [0, 0.1) is 17.0 Å². The van der Waals surface area contributed by atoms with Crippen molar-refractivity contribution >= 4 is 40.6 Å². The Hall–Kier alpha value is -3.39. The number of hydrogen-bond donors (Lipinski definition) is 3. The van der Waals surface area contributed by atoms with Crippen molar-refractivity contribution in [3.63, 3.8) is 0 Å². The second-order valence-corrected chi connectivity index (χ2v) is 6.30. The Morgan fingerprint density at radius 2 is 1.93 bits per heavy atom. The lowest BCUT2D eigenvalue weighted by atomic mass is 10.2. The fourth-order valence-corrected chi connectivity index (χ4v) is 2.59. The highest BCUT2D eigenvalue weighted by atomic mass is 35.5. The van der Waals surface area contributed by atoms with Crippen LogP contribution in [0.5, 0.6) is 0 Å². The van der Waals surface area contributed by atoms with E-state index < -0.39 is 4.92 Å². The maximum Gasteiger partial charge on any atom is 0.353 e. The largest absolute Gasteiger partial charge is 0.378 e. The lowest BCUT2D eigenvalue weighted by molar-refractivity contribution is -0.383. The molecule has 0 bridgehead atoms. The third-order valence-electron chi connectivity index (χ3n) is 3.74. The summed E-state index contributed by atoms with van der Waals surface area (Å²) >= 11 is 5.87. The molecule has 1 heterocycles. The van der Waals surface area contributed by atoms with Crippen LogP contribution in [-0.4, -0.2) is 14.9 Å². The van der Waals surface area contributed by atoms with Gasteiger partial charge in [-0.1, -0.05) is 35.9 Å². The molecule has 3 rings (SSSR count). The van der Waals surface area contributed by atoms with E-state index in [1.54, 1.807) is 18.2 Å². The molecule has 0 radical (unpaired) electrons. The van der Waals surface area contributed by atoms with Gasteiger partial charge in [0, 0.05) is 17.3 Å². The first-order chi connectivity index (χ1) is 12.9. The fourth-order valence-electron chi connectivity index (χ4n) is 2.46. The van der Waals surface area contributed by atoms with Gasteiger partial charge >= 0.3 is 5.69 Å². The Balaban J connectivity index is 1.88. The highest BCUT2D eigenvalue weighted by molar-refractivity contribution is 6.30. The number of halogens is 1. The van der Waals surface area contributed by atoms with Gasteiger partial charge < -0.3 is 16.4 Å². The summed E-state index contributed by atoms with van der Waals surface area (Å²) in [5.74, 6) is -0.0105. The first-order valence-electron chi connectivity index (χ1n) is 8.06. The van der Waals surface area contributed by atoms with Crippen molar-refractivity contribution < 1.29 is 4.92 Å². The number of nitrogen functional groups attached to an aromatic ring is 1. The number of nitrogens with one attached hydrogen (secondary N) is 2. The molecule has 138 valence electrons. The van der Waals surface area contributed by atoms with Gasteiger partial charge in [-0.2, -0.15) is 9.97 Å². The maximum atomic E-state index is 11.4. The molecule has 0 amide bonds. The molecule has 2 aromatic carbocycles. The number of anilines is 4. The zero-order valence-corrected chi connectivity index (χ0v) is 15.2. The van der Waals surface area contributed by atoms with Crippen LogP contribution in [0.15, 0.2) is 48.5 Å². The minimum atomic E-state index is -0.601. The van der Waals surface area contributed by atoms with Gasteiger partial charge in [0.15, 0.2) is 0 Å². The number of benzene rings is 2. The van der Waals surface area contributed by atoms with Crippen LogP contribution in [0.2, 0.25) is 5.02 Å². The Bertz CT molecular complexity index is 978. The van der Waals surface area contributed by atoms with Crippen LogP contribution in [0.4, 0.5) is 29.0 Å². The van der Waals surface area contributed by atoms with Gasteiger partial charge in [0.05, 0.1) is 4.92 Å². The Labute approximate surface area is 160 Å². The second kappa shape index (κ2) is 7.88. The van der Waals surface area contributed by atoms with Gasteiger partial charge in [-0.25, -0.2) is 0 Å². The Morgan fingerprint density at radius 3 is 2.59 bits per heavy atom. The first-order valence-corrected chi connectivity index (χ1v) is 8.44. The molecule has 0 saturated carbocycles. The van der Waals surface area contributed by atoms with E-state index in [4.69, 9.17) is 17.3 Å². The monoisotopic (exact) mass is 384 g/mol. The summed E-state index contributed by atoms with van der Waals surface area (Å²) in [4.78, 5) is 19.0. The van der Waals surface area contributed by atoms with Crippen LogP contribution < -0.4 is 16.4 Å². The van der Waals surface area contributed by atoms with Crippen LogP contribution in [-0.2, 0) is 6.54 Å². The molecular formula is C18H17ClN6O2. The number of nitrogens with zero attached hydrogens (tertiary/aromatic N) is 3. The summed E-state index contributed by atoms with van der Waals surface area (Å²) in [5, 5.41) is 18.0. The van der Waals surface area contributed by atoms with Crippen molar-refractivity contribution in [2.24, 2.45) is 0 Å². The normalized spacial score (nSPS) is 10.4. The lowest BCUT2D eigenvalue weighted by Gasteiger charge is -2.11. The van der Waals surface area contributed by atoms with Gasteiger partial charge in [-0.3, -0.25) is 10.1 Å². The van der Waals surface area contributed by atoms with Crippen molar-refractivity contribution in [2.75, 3.05) is 16.4 Å². The molecule has 27 heavy (non-hydrogen) atoms. The van der Waals surface area contributed by atoms with E-state index in [-0.39, 0.29) is 23.3 Å². The molecular weight excluding hydrogens is 368 g/mol. The fraction of sp³-hybridized carbons (Fsp3) is 0.111. The topological polar surface area (TPSA) is 119 Å². The standard InChI is InChI=1S/C18H17ClN6O2/c1-11-3-2-4-14(9-11)22-17-15(25(26)27)16(20)23-18(24-17)21-10-12-5-7-13(19)8-6-12/h2-9H,10H2,1H3,(H4,20,21,22,23,24). The van der Waals surface area contributed by atoms with E-state index in [9.17, 15) is 10.1 Å². The number of rotatable bonds is 6. The van der Waals surface area contributed by atoms with Crippen LogP contribution in [0.1, 0.15) is 11.1 Å². The Morgan fingerprint density at radius 1 is 1.19 bits per heavy atom. The second-order valence-electron chi connectivity index (χ2n) is 5.86. The zero-order valence-electron chi connectivity index (χ0n) is 14.4. The van der Waals surface area contributed by atoms with Gasteiger partial charge in [0.2, 0.25) is 17.6 Å². The summed E-state index contributed by atoms with van der Waals surface area (Å²) < 4.78 is 0. The molecule has 9 heteroatoms. The van der Waals surface area contributed by atoms with Gasteiger partial charge in [0.1, 0.15) is 0 Å². The molecule has 1 aromatic heterocycles. The van der Waals surface area contributed by atoms with E-state index in [1.165, 1.54) is 0 Å². The van der Waals surface area contributed by atoms with Crippen molar-refractivity contribution in [1.82, 2.24) is 9.97 Å². The van der Waals surface area contributed by atoms with Gasteiger partial charge in [-0.05, 0) is 42.3 Å². The molecule has 0 aliphatic carbocycles. The predicted octanol–water partition coefficient (Wildman–Crippen LogP) is 4.28. The van der Waals surface area contributed by atoms with Crippen molar-refractivity contribution in [2.45, 2.75) is 13.5 Å². The minimum Gasteiger partial charge on any atom is -0.378 e. The SMILES string of the molecule is Cc1cccc(Nc2nc(NCc3ccc(Cl)cc3)nc(N)c2[N+](=O)[O-])c1. The van der Waals surface area contributed by atoms with Crippen molar-refractivity contribution in [1.29, 1.82) is 0 Å². The molecule has 0 aliphatic heterocycles. The summed E-state index contributed by atoms with van der Waals surface area (Å²) in [7, 11) is 0. The molecule has 0 spiro atoms. The third kappa shape index (κ3) is 4.62. The summed E-state index contributed by atoms with van der Waals surface area (Å²) in [5.41, 5.74) is 8.06. The van der Waals surface area contributed by atoms with Gasteiger partial charge in [0.25, 0.3) is 0 Å². The Kier molecular flexibility index (Phi) is 5.37. The molecule has 8 nitrogen and oxygen atoms in total. The van der Waals surface area contributed by atoms with Crippen LogP contribution in [0.3, 0.4) is 0 Å². The van der Waals surface area contributed by atoms with Crippen molar-refractivity contribution in [3.05, 3.63) is 74.8 Å². The average molecular weight is 385 g/mol. The predicted molar refractivity (Wildman–Crippen MR) is 106 cm³/mol. The molecule has 4 N–H and O–H groups in total. The summed E-state index contributed by atoms with van der Waals surface area (Å²) in [6.07, 6.45) is 0. The number of aromatic nitrogens is 2. The molecule has 0 saturated heterocycles. The third-order valence-corrected chi connectivity index (χ3v) is 3.99. The molecule has 0 atom stereocenters. The van der Waals surface area contributed by atoms with Crippen LogP contribution >= 0.6 is 11.6 Å². The minimum absolute atomic E-state index is 0.0247. The summed E-state index contributed by atoms with van der Waals surface area (Å²) in [6.45, 7) is 2.34. The van der Waals surface area contributed by atoms with Crippen molar-refractivity contribution in [3.8, 4) is 0 Å². The quantitative estimate of drug-likeness (QED) is 0.428. The van der Waals surface area contributed by atoms with E-state index >= 15 is 0 Å². The number of nitro groups is 1. The van der Waals surface area contributed by atoms with Crippen LogP contribution in [0.25, 0.3) is 0 Å². The van der Waals surface area contributed by atoms with E-state index in [0.29, 0.717) is 17.3 Å².